The summed E-state index contributed by atoms with van der Waals surface area (Å²) in [4.78, 5) is 17.1. The van der Waals surface area contributed by atoms with E-state index in [0.29, 0.717) is 30.3 Å². The molecule has 0 saturated heterocycles. The van der Waals surface area contributed by atoms with E-state index in [2.05, 4.69) is 5.32 Å². The number of rotatable bonds is 8. The van der Waals surface area contributed by atoms with Crippen LogP contribution < -0.4 is 14.8 Å². The number of aryl methyl sites for hydroxylation is 3. The molecule has 0 saturated carbocycles. The number of hydrogen-bond acceptors (Lipinski definition) is 6. The molecule has 32 heavy (non-hydrogen) atoms. The fourth-order valence-corrected chi connectivity index (χ4v) is 3.75. The zero-order valence-electron chi connectivity index (χ0n) is 18.6. The van der Waals surface area contributed by atoms with Crippen LogP contribution in [0.1, 0.15) is 23.4 Å². The molecule has 0 radical (unpaired) electrons. The predicted molar refractivity (Wildman–Crippen MR) is 121 cm³/mol. The Hall–Kier alpha value is -3.81. The minimum atomic E-state index is -0.0852. The Morgan fingerprint density at radius 3 is 2.72 bits per heavy atom. The fourth-order valence-electron chi connectivity index (χ4n) is 3.75. The van der Waals surface area contributed by atoms with Gasteiger partial charge in [-0.15, -0.1) is 0 Å². The van der Waals surface area contributed by atoms with Crippen LogP contribution in [0.4, 0.5) is 0 Å². The van der Waals surface area contributed by atoms with Crippen LogP contribution in [-0.4, -0.2) is 34.9 Å². The zero-order valence-corrected chi connectivity index (χ0v) is 18.6. The Labute approximate surface area is 186 Å². The Morgan fingerprint density at radius 2 is 2.00 bits per heavy atom. The summed E-state index contributed by atoms with van der Waals surface area (Å²) in [5, 5.41) is 8.65. The SMILES string of the molecule is COc1ccc(-c2nn(CCC(=O)NCc3ccco3)c3nc(C)cc(C)c23)c(OC)c1. The lowest BCUT2D eigenvalue weighted by atomic mass is 10.0. The number of hydrogen-bond donors (Lipinski definition) is 1. The first-order valence-electron chi connectivity index (χ1n) is 10.4. The van der Waals surface area contributed by atoms with Gasteiger partial charge in [-0.05, 0) is 49.7 Å². The van der Waals surface area contributed by atoms with Crippen molar-refractivity contribution in [1.82, 2.24) is 20.1 Å². The Morgan fingerprint density at radius 1 is 1.16 bits per heavy atom. The second-order valence-corrected chi connectivity index (χ2v) is 7.52. The number of methoxy groups -OCH3 is 2. The van der Waals surface area contributed by atoms with Crippen molar-refractivity contribution in [2.75, 3.05) is 14.2 Å². The highest BCUT2D eigenvalue weighted by molar-refractivity contribution is 5.95. The molecule has 0 aliphatic carbocycles. The number of nitrogens with zero attached hydrogens (tertiary/aromatic N) is 3. The van der Waals surface area contributed by atoms with Crippen LogP contribution in [0.5, 0.6) is 11.5 Å². The molecule has 3 heterocycles. The van der Waals surface area contributed by atoms with Crippen LogP contribution in [0.25, 0.3) is 22.3 Å². The number of nitrogens with one attached hydrogen (secondary N) is 1. The van der Waals surface area contributed by atoms with E-state index in [9.17, 15) is 4.79 Å². The molecule has 3 aromatic heterocycles. The minimum absolute atomic E-state index is 0.0852. The molecule has 0 aliphatic heterocycles. The molecule has 1 N–H and O–H groups in total. The lowest BCUT2D eigenvalue weighted by Crippen LogP contribution is -2.24. The van der Waals surface area contributed by atoms with Gasteiger partial charge in [0.15, 0.2) is 5.65 Å². The molecule has 0 bridgehead atoms. The molecule has 1 amide bonds. The second kappa shape index (κ2) is 9.13. The van der Waals surface area contributed by atoms with Crippen molar-refractivity contribution < 1.29 is 18.7 Å². The molecular weight excluding hydrogens is 408 g/mol. The average Bonchev–Trinajstić information content (AvgIpc) is 3.43. The van der Waals surface area contributed by atoms with E-state index < -0.39 is 0 Å². The van der Waals surface area contributed by atoms with Gasteiger partial charge in [-0.25, -0.2) is 9.67 Å². The third-order valence-corrected chi connectivity index (χ3v) is 5.28. The third kappa shape index (κ3) is 4.30. The largest absolute Gasteiger partial charge is 0.497 e. The quantitative estimate of drug-likeness (QED) is 0.450. The lowest BCUT2D eigenvalue weighted by molar-refractivity contribution is -0.121. The van der Waals surface area contributed by atoms with Crippen molar-refractivity contribution >= 4 is 16.9 Å². The van der Waals surface area contributed by atoms with E-state index in [1.165, 1.54) is 0 Å². The molecule has 4 rings (SSSR count). The third-order valence-electron chi connectivity index (χ3n) is 5.28. The summed E-state index contributed by atoms with van der Waals surface area (Å²) in [6.45, 7) is 4.75. The standard InChI is InChI=1S/C24H26N4O4/c1-15-12-16(2)26-24-22(15)23(19-8-7-17(30-3)13-20(19)31-4)27-28(24)10-9-21(29)25-14-18-6-5-11-32-18/h5-8,11-13H,9-10,14H2,1-4H3,(H,25,29). The van der Waals surface area contributed by atoms with E-state index in [-0.39, 0.29) is 12.3 Å². The zero-order chi connectivity index (χ0) is 22.7. The summed E-state index contributed by atoms with van der Waals surface area (Å²) in [6, 6.07) is 11.3. The normalized spacial score (nSPS) is 11.0. The number of ether oxygens (including phenoxy) is 2. The number of aromatic nitrogens is 3. The van der Waals surface area contributed by atoms with Gasteiger partial charge in [-0.3, -0.25) is 4.79 Å². The summed E-state index contributed by atoms with van der Waals surface area (Å²) in [6.07, 6.45) is 1.86. The maximum Gasteiger partial charge on any atom is 0.222 e. The molecule has 8 nitrogen and oxygen atoms in total. The maximum absolute atomic E-state index is 12.4. The average molecular weight is 434 g/mol. The summed E-state index contributed by atoms with van der Waals surface area (Å²) in [5.41, 5.74) is 4.31. The number of pyridine rings is 1. The van der Waals surface area contributed by atoms with Gasteiger partial charge < -0.3 is 19.2 Å². The number of benzene rings is 1. The monoisotopic (exact) mass is 434 g/mol. The molecule has 0 fully saturated rings. The van der Waals surface area contributed by atoms with Gasteiger partial charge in [-0.1, -0.05) is 0 Å². The minimum Gasteiger partial charge on any atom is -0.497 e. The Balaban J connectivity index is 1.66. The highest BCUT2D eigenvalue weighted by atomic mass is 16.5. The van der Waals surface area contributed by atoms with E-state index in [1.807, 2.05) is 44.2 Å². The fraction of sp³-hybridized carbons (Fsp3) is 0.292. The van der Waals surface area contributed by atoms with Crippen LogP contribution in [0, 0.1) is 13.8 Å². The number of amides is 1. The van der Waals surface area contributed by atoms with Gasteiger partial charge >= 0.3 is 0 Å². The van der Waals surface area contributed by atoms with Crippen molar-refractivity contribution in [3.63, 3.8) is 0 Å². The first kappa shape index (κ1) is 21.4. The molecular formula is C24H26N4O4. The van der Waals surface area contributed by atoms with Gasteiger partial charge in [0.2, 0.25) is 5.91 Å². The van der Waals surface area contributed by atoms with Crippen LogP contribution in [0.2, 0.25) is 0 Å². The second-order valence-electron chi connectivity index (χ2n) is 7.52. The Kier molecular flexibility index (Phi) is 6.11. The van der Waals surface area contributed by atoms with Gasteiger partial charge in [0.05, 0.1) is 39.0 Å². The predicted octanol–water partition coefficient (Wildman–Crippen LogP) is 4.03. The van der Waals surface area contributed by atoms with Gasteiger partial charge in [0.25, 0.3) is 0 Å². The number of fused-ring (bicyclic) bond motifs is 1. The van der Waals surface area contributed by atoms with Crippen LogP contribution in [0.15, 0.2) is 47.1 Å². The number of furan rings is 1. The number of carbonyl (C=O) groups is 1. The Bertz CT molecular complexity index is 1240. The first-order chi connectivity index (χ1) is 15.5. The molecule has 0 atom stereocenters. The van der Waals surface area contributed by atoms with Gasteiger partial charge in [-0.2, -0.15) is 5.10 Å². The molecule has 1 aromatic carbocycles. The topological polar surface area (TPSA) is 91.4 Å². The maximum atomic E-state index is 12.4. The van der Waals surface area contributed by atoms with Crippen molar-refractivity contribution in [3.05, 3.63) is 59.7 Å². The summed E-state index contributed by atoms with van der Waals surface area (Å²) in [7, 11) is 3.24. The molecule has 0 spiro atoms. The smallest absolute Gasteiger partial charge is 0.222 e. The highest BCUT2D eigenvalue weighted by Crippen LogP contribution is 2.37. The van der Waals surface area contributed by atoms with Crippen molar-refractivity contribution in [2.24, 2.45) is 0 Å². The van der Waals surface area contributed by atoms with Crippen molar-refractivity contribution in [3.8, 4) is 22.8 Å². The van der Waals surface area contributed by atoms with Crippen molar-refractivity contribution in [2.45, 2.75) is 33.4 Å². The summed E-state index contributed by atoms with van der Waals surface area (Å²) in [5.74, 6) is 1.99. The van der Waals surface area contributed by atoms with E-state index >= 15 is 0 Å². The van der Waals surface area contributed by atoms with E-state index in [0.717, 1.165) is 33.5 Å². The lowest BCUT2D eigenvalue weighted by Gasteiger charge is -2.09. The molecule has 8 heteroatoms. The van der Waals surface area contributed by atoms with Gasteiger partial charge in [0.1, 0.15) is 23.0 Å². The first-order valence-corrected chi connectivity index (χ1v) is 10.4. The van der Waals surface area contributed by atoms with E-state index in [1.54, 1.807) is 31.2 Å². The van der Waals surface area contributed by atoms with Crippen molar-refractivity contribution in [1.29, 1.82) is 0 Å². The summed E-state index contributed by atoms with van der Waals surface area (Å²) < 4.78 is 18.0. The molecule has 4 aromatic rings. The summed E-state index contributed by atoms with van der Waals surface area (Å²) >= 11 is 0. The van der Waals surface area contributed by atoms with Crippen LogP contribution in [-0.2, 0) is 17.9 Å². The highest BCUT2D eigenvalue weighted by Gasteiger charge is 2.20. The molecule has 0 unspecified atom stereocenters. The number of carbonyl (C=O) groups excluding carboxylic acids is 1. The van der Waals surface area contributed by atoms with Gasteiger partial charge in [0, 0.05) is 23.7 Å². The molecule has 166 valence electrons. The van der Waals surface area contributed by atoms with Crippen LogP contribution >= 0.6 is 0 Å². The molecule has 0 aliphatic rings. The van der Waals surface area contributed by atoms with E-state index in [4.69, 9.17) is 24.0 Å². The van der Waals surface area contributed by atoms with Crippen LogP contribution in [0.3, 0.4) is 0 Å².